The van der Waals surface area contributed by atoms with Crippen LogP contribution in [-0.4, -0.2) is 4.98 Å². The topological polar surface area (TPSA) is 26.0 Å². The second-order valence-electron chi connectivity index (χ2n) is 4.42. The first-order valence-corrected chi connectivity index (χ1v) is 8.07. The minimum absolute atomic E-state index is 0.226. The molecule has 0 unspecified atom stereocenters. The second kappa shape index (κ2) is 6.45. The van der Waals surface area contributed by atoms with Crippen LogP contribution in [0.15, 0.2) is 68.8 Å². The zero-order valence-corrected chi connectivity index (χ0v) is 13.3. The number of benzene rings is 2. The maximum absolute atomic E-state index is 13.1. The summed E-state index contributed by atoms with van der Waals surface area (Å²) < 4.78 is 19.8. The van der Waals surface area contributed by atoms with Gasteiger partial charge >= 0.3 is 0 Å². The molecule has 0 radical (unpaired) electrons. The minimum atomic E-state index is -0.226. The predicted octanol–water partition coefficient (Wildman–Crippen LogP) is 5.54. The lowest BCUT2D eigenvalue weighted by Gasteiger charge is -1.99. The Morgan fingerprint density at radius 1 is 1.14 bits per heavy atom. The number of hydrogen-bond donors (Lipinski definition) is 0. The summed E-state index contributed by atoms with van der Waals surface area (Å²) in [5.74, 6) is 1.12. The van der Waals surface area contributed by atoms with Crippen molar-refractivity contribution in [1.82, 2.24) is 4.98 Å². The van der Waals surface area contributed by atoms with Crippen molar-refractivity contribution < 1.29 is 8.81 Å². The van der Waals surface area contributed by atoms with Crippen LogP contribution >= 0.6 is 27.7 Å². The maximum atomic E-state index is 13.1. The molecule has 0 saturated heterocycles. The summed E-state index contributed by atoms with van der Waals surface area (Å²) in [6.45, 7) is 0. The lowest BCUT2D eigenvalue weighted by molar-refractivity contribution is 0.466. The van der Waals surface area contributed by atoms with Gasteiger partial charge in [-0.1, -0.05) is 52.0 Å². The van der Waals surface area contributed by atoms with E-state index in [2.05, 4.69) is 20.9 Å². The van der Waals surface area contributed by atoms with E-state index in [1.165, 1.54) is 23.9 Å². The number of nitrogens with zero attached hydrogens (tertiary/aromatic N) is 1. The van der Waals surface area contributed by atoms with E-state index in [-0.39, 0.29) is 5.82 Å². The first-order chi connectivity index (χ1) is 10.2. The fraction of sp³-hybridized carbons (Fsp3) is 0.0625. The van der Waals surface area contributed by atoms with Crippen LogP contribution in [0.25, 0.3) is 11.3 Å². The first-order valence-electron chi connectivity index (χ1n) is 6.30. The van der Waals surface area contributed by atoms with Gasteiger partial charge in [0.05, 0.1) is 6.20 Å². The summed E-state index contributed by atoms with van der Waals surface area (Å²) >= 11 is 4.85. The third-order valence-electron chi connectivity index (χ3n) is 2.86. The molecule has 0 aliphatic heterocycles. The van der Waals surface area contributed by atoms with Gasteiger partial charge < -0.3 is 4.42 Å². The van der Waals surface area contributed by atoms with Gasteiger partial charge in [0.15, 0.2) is 5.76 Å². The van der Waals surface area contributed by atoms with E-state index >= 15 is 0 Å². The molecule has 0 bridgehead atoms. The summed E-state index contributed by atoms with van der Waals surface area (Å²) in [6.07, 6.45) is 1.71. The first kappa shape index (κ1) is 14.4. The van der Waals surface area contributed by atoms with E-state index in [1.807, 2.05) is 30.3 Å². The standard InChI is InChI=1S/C16H11BrFNOS/c17-13-6-4-12(5-7-13)15-9-19-16(20-15)21-10-11-2-1-3-14(18)8-11/h1-9H,10H2. The van der Waals surface area contributed by atoms with Crippen LogP contribution in [0.2, 0.25) is 0 Å². The molecule has 5 heteroatoms. The normalized spacial score (nSPS) is 10.8. The average molecular weight is 364 g/mol. The fourth-order valence-electron chi connectivity index (χ4n) is 1.84. The van der Waals surface area contributed by atoms with Crippen molar-refractivity contribution in [2.24, 2.45) is 0 Å². The van der Waals surface area contributed by atoms with Crippen molar-refractivity contribution in [3.05, 3.63) is 70.6 Å². The Morgan fingerprint density at radius 2 is 1.95 bits per heavy atom. The van der Waals surface area contributed by atoms with Gasteiger partial charge in [0.1, 0.15) is 5.82 Å². The molecule has 0 saturated carbocycles. The number of aromatic nitrogens is 1. The van der Waals surface area contributed by atoms with Crippen LogP contribution in [0.1, 0.15) is 5.56 Å². The van der Waals surface area contributed by atoms with Gasteiger partial charge in [-0.3, -0.25) is 0 Å². The highest BCUT2D eigenvalue weighted by atomic mass is 79.9. The third-order valence-corrected chi connectivity index (χ3v) is 4.31. The molecule has 0 amide bonds. The Balaban J connectivity index is 1.69. The van der Waals surface area contributed by atoms with E-state index in [0.29, 0.717) is 11.0 Å². The smallest absolute Gasteiger partial charge is 0.256 e. The molecule has 2 aromatic carbocycles. The SMILES string of the molecule is Fc1cccc(CSc2ncc(-c3ccc(Br)cc3)o2)c1. The lowest BCUT2D eigenvalue weighted by Crippen LogP contribution is -1.82. The summed E-state index contributed by atoms with van der Waals surface area (Å²) in [4.78, 5) is 4.24. The quantitative estimate of drug-likeness (QED) is 0.569. The van der Waals surface area contributed by atoms with Crippen molar-refractivity contribution in [2.75, 3.05) is 0 Å². The predicted molar refractivity (Wildman–Crippen MR) is 85.6 cm³/mol. The van der Waals surface area contributed by atoms with Gasteiger partial charge in [-0.2, -0.15) is 0 Å². The van der Waals surface area contributed by atoms with E-state index in [9.17, 15) is 4.39 Å². The van der Waals surface area contributed by atoms with Crippen molar-refractivity contribution >= 4 is 27.7 Å². The number of thioether (sulfide) groups is 1. The van der Waals surface area contributed by atoms with Gasteiger partial charge in [0.25, 0.3) is 5.22 Å². The molecule has 21 heavy (non-hydrogen) atoms. The number of oxazole rings is 1. The van der Waals surface area contributed by atoms with Crippen LogP contribution in [0.5, 0.6) is 0 Å². The molecule has 0 aliphatic rings. The molecular weight excluding hydrogens is 353 g/mol. The van der Waals surface area contributed by atoms with Gasteiger partial charge in [-0.05, 0) is 29.8 Å². The molecule has 1 heterocycles. The zero-order valence-electron chi connectivity index (χ0n) is 10.9. The van der Waals surface area contributed by atoms with Gasteiger partial charge in [0.2, 0.25) is 0 Å². The van der Waals surface area contributed by atoms with Crippen LogP contribution in [0.4, 0.5) is 4.39 Å². The van der Waals surface area contributed by atoms with E-state index in [4.69, 9.17) is 4.42 Å². The Bertz CT molecular complexity index is 742. The van der Waals surface area contributed by atoms with E-state index < -0.39 is 0 Å². The zero-order chi connectivity index (χ0) is 14.7. The third kappa shape index (κ3) is 3.74. The van der Waals surface area contributed by atoms with Crippen LogP contribution in [0.3, 0.4) is 0 Å². The molecule has 0 N–H and O–H groups in total. The highest BCUT2D eigenvalue weighted by Crippen LogP contribution is 2.28. The monoisotopic (exact) mass is 363 g/mol. The van der Waals surface area contributed by atoms with Crippen molar-refractivity contribution in [3.8, 4) is 11.3 Å². The highest BCUT2D eigenvalue weighted by molar-refractivity contribution is 9.10. The van der Waals surface area contributed by atoms with Crippen LogP contribution in [0, 0.1) is 5.82 Å². The summed E-state index contributed by atoms with van der Waals surface area (Å²) in [5, 5.41) is 0.581. The van der Waals surface area contributed by atoms with Gasteiger partial charge in [0, 0.05) is 15.8 Å². The lowest BCUT2D eigenvalue weighted by atomic mass is 10.2. The number of hydrogen-bond acceptors (Lipinski definition) is 3. The largest absolute Gasteiger partial charge is 0.431 e. The summed E-state index contributed by atoms with van der Waals surface area (Å²) in [7, 11) is 0. The summed E-state index contributed by atoms with van der Waals surface area (Å²) in [5.41, 5.74) is 1.88. The fourth-order valence-corrected chi connectivity index (χ4v) is 2.85. The summed E-state index contributed by atoms with van der Waals surface area (Å²) in [6, 6.07) is 14.4. The van der Waals surface area contributed by atoms with Crippen LogP contribution in [-0.2, 0) is 5.75 Å². The van der Waals surface area contributed by atoms with E-state index in [0.717, 1.165) is 21.4 Å². The van der Waals surface area contributed by atoms with E-state index in [1.54, 1.807) is 12.3 Å². The molecule has 0 spiro atoms. The Hall–Kier alpha value is -1.59. The van der Waals surface area contributed by atoms with Crippen molar-refractivity contribution in [1.29, 1.82) is 0 Å². The Kier molecular flexibility index (Phi) is 4.41. The molecular formula is C16H11BrFNOS. The Morgan fingerprint density at radius 3 is 2.71 bits per heavy atom. The maximum Gasteiger partial charge on any atom is 0.256 e. The molecule has 3 aromatic rings. The van der Waals surface area contributed by atoms with Crippen LogP contribution < -0.4 is 0 Å². The van der Waals surface area contributed by atoms with Gasteiger partial charge in [-0.15, -0.1) is 0 Å². The van der Waals surface area contributed by atoms with Crippen molar-refractivity contribution in [3.63, 3.8) is 0 Å². The Labute approximate surface area is 134 Å². The van der Waals surface area contributed by atoms with Gasteiger partial charge in [-0.25, -0.2) is 9.37 Å². The molecule has 2 nitrogen and oxygen atoms in total. The second-order valence-corrected chi connectivity index (χ2v) is 6.26. The molecule has 0 fully saturated rings. The molecule has 1 aromatic heterocycles. The molecule has 0 aliphatic carbocycles. The molecule has 0 atom stereocenters. The highest BCUT2D eigenvalue weighted by Gasteiger charge is 2.07. The molecule has 3 rings (SSSR count). The number of halogens is 2. The van der Waals surface area contributed by atoms with Crippen molar-refractivity contribution in [2.45, 2.75) is 11.0 Å². The average Bonchev–Trinajstić information content (AvgIpc) is 2.95. The molecule has 106 valence electrons. The minimum Gasteiger partial charge on any atom is -0.431 e. The number of rotatable bonds is 4.